The molecule has 0 aliphatic rings. The van der Waals surface area contributed by atoms with Crippen LogP contribution in [-0.2, 0) is 26.2 Å². The Morgan fingerprint density at radius 3 is 1.27 bits per heavy atom. The van der Waals surface area contributed by atoms with Crippen LogP contribution in [0.15, 0.2) is 97.1 Å². The van der Waals surface area contributed by atoms with Crippen LogP contribution in [0.2, 0.25) is 13.1 Å². The van der Waals surface area contributed by atoms with Crippen molar-refractivity contribution in [1.82, 2.24) is 0 Å². The molecule has 0 heterocycles. The van der Waals surface area contributed by atoms with E-state index in [0.717, 1.165) is 12.8 Å². The second-order valence-corrected chi connectivity index (χ2v) is 17.7. The van der Waals surface area contributed by atoms with Crippen LogP contribution in [0.3, 0.4) is 0 Å². The zero-order valence-electron chi connectivity index (χ0n) is 27.8. The Labute approximate surface area is 285 Å². The Balaban J connectivity index is 0.00000384. The van der Waals surface area contributed by atoms with Gasteiger partial charge in [0.05, 0.1) is 0 Å². The third kappa shape index (κ3) is 5.59. The Hall–Kier alpha value is -2.80. The van der Waals surface area contributed by atoms with E-state index in [2.05, 4.69) is 152 Å². The number of benzene rings is 4. The number of hydrogen-bond acceptors (Lipinski definition) is 0. The van der Waals surface area contributed by atoms with Gasteiger partial charge < -0.3 is 0 Å². The third-order valence-corrected chi connectivity index (χ3v) is 14.1. The quantitative estimate of drug-likeness (QED) is 0.112. The molecule has 6 aromatic carbocycles. The van der Waals surface area contributed by atoms with Gasteiger partial charge in [-0.25, -0.2) is 0 Å². The van der Waals surface area contributed by atoms with Gasteiger partial charge in [-0.1, -0.05) is 126 Å². The fraction of sp³-hybridized carbons (Fsp3) is 0.286. The van der Waals surface area contributed by atoms with E-state index < -0.39 is 8.07 Å². The number of hydrogen-bond donors (Lipinski definition) is 0. The second kappa shape index (κ2) is 12.9. The average molecular weight is 670 g/mol. The topological polar surface area (TPSA) is 0 Å². The molecule has 0 aliphatic heterocycles. The van der Waals surface area contributed by atoms with Crippen LogP contribution < -0.4 is 10.4 Å². The molecule has 0 amide bonds. The number of rotatable bonds is 8. The van der Waals surface area contributed by atoms with E-state index in [1.807, 2.05) is 0 Å². The molecule has 0 radical (unpaired) electrons. The van der Waals surface area contributed by atoms with Gasteiger partial charge in [0.1, 0.15) is 0 Å². The number of fused-ring (bicyclic) bond motifs is 2. The van der Waals surface area contributed by atoms with Gasteiger partial charge >= 0.3 is 26.2 Å². The molecule has 2 atom stereocenters. The molecule has 0 nitrogen and oxygen atoms in total. The molecule has 0 saturated heterocycles. The maximum absolute atomic E-state index is 2.59. The van der Waals surface area contributed by atoms with E-state index in [1.54, 1.807) is 10.4 Å². The summed E-state index contributed by atoms with van der Waals surface area (Å²) in [6, 6.07) is 37.4. The van der Waals surface area contributed by atoms with Crippen LogP contribution in [0.4, 0.5) is 0 Å². The van der Waals surface area contributed by atoms with Crippen molar-refractivity contribution in [3.63, 3.8) is 0 Å². The van der Waals surface area contributed by atoms with Crippen molar-refractivity contribution in [2.24, 2.45) is 0 Å². The SMILES string of the molecule is CCC(C)c1ccc(-c2cccc3[cH-]c(C)c([Si](C)(C)c4c(C)[cH-]c5cccc(-c6ccc(C(C)CC)cc6)c45)c23)cc1.[Zr+2]. The van der Waals surface area contributed by atoms with Gasteiger partial charge in [0.15, 0.2) is 0 Å². The molecule has 0 saturated carbocycles. The molecule has 0 fully saturated rings. The molecule has 2 heteroatoms. The van der Waals surface area contributed by atoms with Crippen molar-refractivity contribution >= 4 is 40.0 Å². The molecule has 0 spiro atoms. The molecule has 0 bridgehead atoms. The summed E-state index contributed by atoms with van der Waals surface area (Å²) in [4.78, 5) is 0. The molecule has 222 valence electrons. The molecule has 44 heavy (non-hydrogen) atoms. The first kappa shape index (κ1) is 32.6. The maximum atomic E-state index is 2.59. The first-order valence-electron chi connectivity index (χ1n) is 16.2. The van der Waals surface area contributed by atoms with Crippen LogP contribution in [0.5, 0.6) is 0 Å². The summed E-state index contributed by atoms with van der Waals surface area (Å²) in [6.45, 7) is 19.0. The van der Waals surface area contributed by atoms with E-state index in [-0.39, 0.29) is 26.2 Å². The van der Waals surface area contributed by atoms with Crippen molar-refractivity contribution in [3.8, 4) is 22.3 Å². The van der Waals surface area contributed by atoms with Crippen LogP contribution in [0.25, 0.3) is 43.8 Å². The summed E-state index contributed by atoms with van der Waals surface area (Å²) in [6.07, 6.45) is 2.33. The number of aryl methyl sites for hydroxylation is 2. The van der Waals surface area contributed by atoms with Crippen molar-refractivity contribution in [2.45, 2.75) is 79.3 Å². The Morgan fingerprint density at radius 1 is 0.568 bits per heavy atom. The fourth-order valence-electron chi connectivity index (χ4n) is 7.61. The molecule has 6 aromatic rings. The van der Waals surface area contributed by atoms with Crippen LogP contribution in [0.1, 0.15) is 74.6 Å². The first-order valence-corrected chi connectivity index (χ1v) is 19.2. The predicted molar refractivity (Wildman–Crippen MR) is 194 cm³/mol. The van der Waals surface area contributed by atoms with Crippen molar-refractivity contribution in [1.29, 1.82) is 0 Å². The maximum Gasteiger partial charge on any atom is 2.00 e. The fourth-order valence-corrected chi connectivity index (χ4v) is 11.8. The summed E-state index contributed by atoms with van der Waals surface area (Å²) in [5.74, 6) is 1.17. The van der Waals surface area contributed by atoms with Crippen LogP contribution in [0, 0.1) is 13.8 Å². The Bertz CT molecular complexity index is 1760. The summed E-state index contributed by atoms with van der Waals surface area (Å²) < 4.78 is 0. The molecular weight excluding hydrogens is 624 g/mol. The van der Waals surface area contributed by atoms with Crippen LogP contribution in [-0.4, -0.2) is 8.07 Å². The summed E-state index contributed by atoms with van der Waals surface area (Å²) >= 11 is 0. The third-order valence-electron chi connectivity index (χ3n) is 10.3. The summed E-state index contributed by atoms with van der Waals surface area (Å²) in [5, 5.41) is 8.81. The van der Waals surface area contributed by atoms with Gasteiger partial charge in [-0.3, -0.25) is 0 Å². The first-order chi connectivity index (χ1) is 20.6. The summed E-state index contributed by atoms with van der Waals surface area (Å²) in [5.41, 5.74) is 11.1. The molecule has 0 N–H and O–H groups in total. The van der Waals surface area contributed by atoms with Gasteiger partial charge in [0, 0.05) is 8.07 Å². The Kier molecular flexibility index (Phi) is 9.55. The minimum Gasteiger partial charge on any atom is -0.158 e. The van der Waals surface area contributed by atoms with E-state index in [1.165, 1.54) is 66.1 Å². The summed E-state index contributed by atoms with van der Waals surface area (Å²) in [7, 11) is -2.17. The monoisotopic (exact) mass is 668 g/mol. The minimum atomic E-state index is -2.17. The smallest absolute Gasteiger partial charge is 0.158 e. The van der Waals surface area contributed by atoms with Gasteiger partial charge in [0.2, 0.25) is 0 Å². The van der Waals surface area contributed by atoms with Gasteiger partial charge in [0.25, 0.3) is 0 Å². The minimum absolute atomic E-state index is 0. The molecule has 0 aromatic heterocycles. The molecule has 2 unspecified atom stereocenters. The average Bonchev–Trinajstić information content (AvgIpc) is 3.56. The molecule has 0 aliphatic carbocycles. The van der Waals surface area contributed by atoms with E-state index in [9.17, 15) is 0 Å². The Morgan fingerprint density at radius 2 is 0.932 bits per heavy atom. The molecular formula is C42H46SiZr. The van der Waals surface area contributed by atoms with Crippen LogP contribution >= 0.6 is 0 Å². The van der Waals surface area contributed by atoms with Gasteiger partial charge in [-0.2, -0.15) is 10.4 Å². The predicted octanol–water partition coefficient (Wildman–Crippen LogP) is 11.2. The van der Waals surface area contributed by atoms with E-state index >= 15 is 0 Å². The molecule has 6 rings (SSSR count). The van der Waals surface area contributed by atoms with Crippen molar-refractivity contribution in [3.05, 3.63) is 119 Å². The van der Waals surface area contributed by atoms with Crippen molar-refractivity contribution in [2.75, 3.05) is 0 Å². The normalized spacial score (nSPS) is 13.3. The van der Waals surface area contributed by atoms with E-state index in [0.29, 0.717) is 11.8 Å². The zero-order chi connectivity index (χ0) is 30.5. The van der Waals surface area contributed by atoms with Gasteiger partial charge in [-0.05, 0) is 46.9 Å². The van der Waals surface area contributed by atoms with Gasteiger partial charge in [-0.15, -0.1) is 69.1 Å². The standard InChI is InChI=1S/C42H46Si.Zr/c1-9-27(3)31-17-21-33(22-18-31)37-15-11-13-35-25-29(5)41(39(35)37)43(7,8)42-30(6)26-36-14-12-16-38(40(36)42)34-23-19-32(20-24-34)28(4)10-2;/h11-28H,9-10H2,1-8H3;/q-2;+2. The van der Waals surface area contributed by atoms with E-state index in [4.69, 9.17) is 0 Å². The largest absolute Gasteiger partial charge is 2.00 e. The zero-order valence-corrected chi connectivity index (χ0v) is 31.3. The van der Waals surface area contributed by atoms with Crippen molar-refractivity contribution < 1.29 is 26.2 Å². The second-order valence-electron chi connectivity index (χ2n) is 13.4.